The molecule has 1 aromatic carbocycles. The van der Waals surface area contributed by atoms with Crippen LogP contribution in [0.4, 0.5) is 4.39 Å². The molecule has 0 saturated carbocycles. The second kappa shape index (κ2) is 6.80. The van der Waals surface area contributed by atoms with Crippen molar-refractivity contribution in [2.24, 2.45) is 5.92 Å². The predicted molar refractivity (Wildman–Crippen MR) is 75.4 cm³/mol. The SMILES string of the molecule is N#C[C@@H](C(=O)/C=C/c1ccc(F)cc1)C(=O)N1CCCC1. The van der Waals surface area contributed by atoms with Crippen molar-refractivity contribution in [3.8, 4) is 6.07 Å². The van der Waals surface area contributed by atoms with Crippen molar-refractivity contribution in [1.29, 1.82) is 5.26 Å². The van der Waals surface area contributed by atoms with Gasteiger partial charge in [0.1, 0.15) is 5.82 Å². The van der Waals surface area contributed by atoms with Crippen molar-refractivity contribution < 1.29 is 14.0 Å². The molecule has 1 fully saturated rings. The van der Waals surface area contributed by atoms with E-state index in [9.17, 15) is 14.0 Å². The fourth-order valence-corrected chi connectivity index (χ4v) is 2.21. The number of carbonyl (C=O) groups excluding carboxylic acids is 2. The number of hydrogen-bond donors (Lipinski definition) is 0. The highest BCUT2D eigenvalue weighted by atomic mass is 19.1. The Morgan fingerprint density at radius 3 is 2.43 bits per heavy atom. The number of rotatable bonds is 4. The summed E-state index contributed by atoms with van der Waals surface area (Å²) in [7, 11) is 0. The first-order valence-corrected chi connectivity index (χ1v) is 6.77. The van der Waals surface area contributed by atoms with Gasteiger partial charge in [-0.3, -0.25) is 9.59 Å². The summed E-state index contributed by atoms with van der Waals surface area (Å²) in [6, 6.07) is 7.36. The molecule has 4 nitrogen and oxygen atoms in total. The van der Waals surface area contributed by atoms with E-state index in [0.717, 1.165) is 12.8 Å². The van der Waals surface area contributed by atoms with Gasteiger partial charge in [0, 0.05) is 13.1 Å². The van der Waals surface area contributed by atoms with Crippen LogP contribution >= 0.6 is 0 Å². The third-order valence-corrected chi connectivity index (χ3v) is 3.39. The van der Waals surface area contributed by atoms with E-state index in [-0.39, 0.29) is 5.82 Å². The number of amides is 1. The Bertz CT molecular complexity index is 596. The van der Waals surface area contributed by atoms with Gasteiger partial charge in [-0.1, -0.05) is 18.2 Å². The molecule has 1 heterocycles. The number of nitriles is 1. The maximum atomic E-state index is 12.8. The van der Waals surface area contributed by atoms with Crippen LogP contribution in [0, 0.1) is 23.1 Å². The molecule has 1 aliphatic rings. The lowest BCUT2D eigenvalue weighted by Gasteiger charge is -2.16. The van der Waals surface area contributed by atoms with Crippen LogP contribution in [0.15, 0.2) is 30.3 Å². The van der Waals surface area contributed by atoms with Crippen LogP contribution in [-0.2, 0) is 9.59 Å². The van der Waals surface area contributed by atoms with E-state index in [4.69, 9.17) is 5.26 Å². The van der Waals surface area contributed by atoms with E-state index in [0.29, 0.717) is 18.7 Å². The number of ketones is 1. The van der Waals surface area contributed by atoms with Crippen molar-refractivity contribution in [1.82, 2.24) is 4.90 Å². The summed E-state index contributed by atoms with van der Waals surface area (Å²) < 4.78 is 12.8. The molecule has 1 aliphatic heterocycles. The Balaban J connectivity index is 2.04. The summed E-state index contributed by atoms with van der Waals surface area (Å²) in [5.74, 6) is -2.63. The first kappa shape index (κ1) is 14.9. The Morgan fingerprint density at radius 1 is 1.24 bits per heavy atom. The lowest BCUT2D eigenvalue weighted by Crippen LogP contribution is -2.36. The van der Waals surface area contributed by atoms with Crippen molar-refractivity contribution >= 4 is 17.8 Å². The summed E-state index contributed by atoms with van der Waals surface area (Å²) in [6.45, 7) is 1.21. The number of hydrogen-bond acceptors (Lipinski definition) is 3. The molecule has 21 heavy (non-hydrogen) atoms. The number of likely N-dealkylation sites (tertiary alicyclic amines) is 1. The minimum atomic E-state index is -1.29. The zero-order chi connectivity index (χ0) is 15.2. The smallest absolute Gasteiger partial charge is 0.247 e. The van der Waals surface area contributed by atoms with Crippen molar-refractivity contribution in [2.45, 2.75) is 12.8 Å². The summed E-state index contributed by atoms with van der Waals surface area (Å²) >= 11 is 0. The van der Waals surface area contributed by atoms with E-state index in [1.54, 1.807) is 11.0 Å². The summed E-state index contributed by atoms with van der Waals surface area (Å²) in [6.07, 6.45) is 4.49. The van der Waals surface area contributed by atoms with E-state index < -0.39 is 17.6 Å². The average molecular weight is 286 g/mol. The number of allylic oxidation sites excluding steroid dienone is 1. The third kappa shape index (κ3) is 3.76. The van der Waals surface area contributed by atoms with Gasteiger partial charge in [-0.25, -0.2) is 4.39 Å². The maximum absolute atomic E-state index is 12.8. The van der Waals surface area contributed by atoms with Gasteiger partial charge >= 0.3 is 0 Å². The van der Waals surface area contributed by atoms with Gasteiger partial charge in [-0.2, -0.15) is 5.26 Å². The van der Waals surface area contributed by atoms with Crippen LogP contribution in [0.1, 0.15) is 18.4 Å². The first-order valence-electron chi connectivity index (χ1n) is 6.77. The minimum absolute atomic E-state index is 0.363. The molecule has 0 N–H and O–H groups in total. The zero-order valence-electron chi connectivity index (χ0n) is 11.5. The molecule has 0 radical (unpaired) electrons. The number of nitrogens with zero attached hydrogens (tertiary/aromatic N) is 2. The van der Waals surface area contributed by atoms with Gasteiger partial charge in [0.25, 0.3) is 0 Å². The molecule has 2 rings (SSSR count). The largest absolute Gasteiger partial charge is 0.341 e. The lowest BCUT2D eigenvalue weighted by atomic mass is 10.0. The fourth-order valence-electron chi connectivity index (χ4n) is 2.21. The Hall–Kier alpha value is -2.48. The number of benzene rings is 1. The molecule has 1 amide bonds. The van der Waals surface area contributed by atoms with Gasteiger partial charge in [0.15, 0.2) is 11.7 Å². The van der Waals surface area contributed by atoms with Crippen LogP contribution in [-0.4, -0.2) is 29.7 Å². The number of carbonyl (C=O) groups is 2. The zero-order valence-corrected chi connectivity index (χ0v) is 11.5. The van der Waals surface area contributed by atoms with E-state index in [1.165, 1.54) is 36.4 Å². The van der Waals surface area contributed by atoms with Crippen molar-refractivity contribution in [2.75, 3.05) is 13.1 Å². The van der Waals surface area contributed by atoms with E-state index in [1.807, 2.05) is 0 Å². The topological polar surface area (TPSA) is 61.2 Å². The molecule has 1 atom stereocenters. The van der Waals surface area contributed by atoms with E-state index >= 15 is 0 Å². The van der Waals surface area contributed by atoms with Crippen molar-refractivity contribution in [3.63, 3.8) is 0 Å². The van der Waals surface area contributed by atoms with E-state index in [2.05, 4.69) is 0 Å². The number of halogens is 1. The molecule has 0 aromatic heterocycles. The quantitative estimate of drug-likeness (QED) is 0.629. The highest BCUT2D eigenvalue weighted by Crippen LogP contribution is 2.13. The Kier molecular flexibility index (Phi) is 4.83. The van der Waals surface area contributed by atoms with Crippen LogP contribution in [0.25, 0.3) is 6.08 Å². The highest BCUT2D eigenvalue weighted by molar-refractivity contribution is 6.10. The molecule has 0 bridgehead atoms. The minimum Gasteiger partial charge on any atom is -0.341 e. The molecular formula is C16H15FN2O2. The maximum Gasteiger partial charge on any atom is 0.247 e. The average Bonchev–Trinajstić information content (AvgIpc) is 3.01. The summed E-state index contributed by atoms with van der Waals surface area (Å²) in [5, 5.41) is 9.06. The second-order valence-electron chi connectivity index (χ2n) is 4.88. The van der Waals surface area contributed by atoms with Gasteiger partial charge < -0.3 is 4.90 Å². The molecule has 0 aliphatic carbocycles. The van der Waals surface area contributed by atoms with Gasteiger partial charge in [0.2, 0.25) is 5.91 Å². The third-order valence-electron chi connectivity index (χ3n) is 3.39. The molecule has 108 valence electrons. The molecule has 1 aromatic rings. The normalized spacial score (nSPS) is 15.9. The highest BCUT2D eigenvalue weighted by Gasteiger charge is 2.30. The fraction of sp³-hybridized carbons (Fsp3) is 0.312. The molecule has 5 heteroatoms. The lowest BCUT2D eigenvalue weighted by molar-refractivity contribution is -0.136. The summed E-state index contributed by atoms with van der Waals surface area (Å²) in [5.41, 5.74) is 0.634. The van der Waals surface area contributed by atoms with Crippen LogP contribution in [0.5, 0.6) is 0 Å². The van der Waals surface area contributed by atoms with Gasteiger partial charge in [-0.15, -0.1) is 0 Å². The van der Waals surface area contributed by atoms with Crippen LogP contribution < -0.4 is 0 Å². The molecular weight excluding hydrogens is 271 g/mol. The van der Waals surface area contributed by atoms with Gasteiger partial charge in [0.05, 0.1) is 6.07 Å². The Labute approximate surface area is 122 Å². The predicted octanol–water partition coefficient (Wildman–Crippen LogP) is 2.17. The van der Waals surface area contributed by atoms with Crippen LogP contribution in [0.3, 0.4) is 0 Å². The molecule has 0 unspecified atom stereocenters. The standard InChI is InChI=1S/C16H15FN2O2/c17-13-6-3-12(4-7-13)5-8-15(20)14(11-18)16(21)19-9-1-2-10-19/h3-8,14H,1-2,9-10H2/b8-5+/t14-/m0/s1. The van der Waals surface area contributed by atoms with Crippen molar-refractivity contribution in [3.05, 3.63) is 41.7 Å². The molecule has 0 spiro atoms. The van der Waals surface area contributed by atoms with Crippen LogP contribution in [0.2, 0.25) is 0 Å². The second-order valence-corrected chi connectivity index (χ2v) is 4.88. The van der Waals surface area contributed by atoms with Gasteiger partial charge in [-0.05, 0) is 36.6 Å². The first-order chi connectivity index (χ1) is 10.1. The molecule has 1 saturated heterocycles. The monoisotopic (exact) mass is 286 g/mol. The Morgan fingerprint density at radius 2 is 1.86 bits per heavy atom. The summed E-state index contributed by atoms with van der Waals surface area (Å²) in [4.78, 5) is 25.6.